The SMILES string of the molecule is CCc1cccc2c1sc1nc(C)nn12. The van der Waals surface area contributed by atoms with E-state index in [-0.39, 0.29) is 0 Å². The third-order valence-electron chi connectivity index (χ3n) is 2.56. The molecule has 3 rings (SSSR count). The molecule has 0 aliphatic heterocycles. The number of thiazole rings is 1. The molecule has 0 aliphatic rings. The van der Waals surface area contributed by atoms with Crippen LogP contribution in [0.25, 0.3) is 15.2 Å². The molecular weight excluding hydrogens is 206 g/mol. The van der Waals surface area contributed by atoms with Gasteiger partial charge >= 0.3 is 0 Å². The summed E-state index contributed by atoms with van der Waals surface area (Å²) >= 11 is 1.72. The Balaban J connectivity index is 2.49. The first-order chi connectivity index (χ1) is 7.29. The number of aryl methyl sites for hydroxylation is 2. The Morgan fingerprint density at radius 3 is 3.07 bits per heavy atom. The number of hydrogen-bond donors (Lipinski definition) is 0. The second-order valence-corrected chi connectivity index (χ2v) is 4.55. The van der Waals surface area contributed by atoms with Crippen LogP contribution in [-0.4, -0.2) is 14.6 Å². The molecular formula is C11H11N3S. The number of benzene rings is 1. The minimum absolute atomic E-state index is 0.838. The predicted molar refractivity (Wildman–Crippen MR) is 62.5 cm³/mol. The Kier molecular flexibility index (Phi) is 1.79. The van der Waals surface area contributed by atoms with Gasteiger partial charge in [-0.05, 0) is 25.0 Å². The standard InChI is InChI=1S/C11H11N3S/c1-3-8-5-4-6-9-10(8)15-11-12-7(2)13-14(9)11/h4-6H,3H2,1-2H3. The summed E-state index contributed by atoms with van der Waals surface area (Å²) in [5.41, 5.74) is 2.55. The van der Waals surface area contributed by atoms with Crippen molar-refractivity contribution in [1.29, 1.82) is 0 Å². The van der Waals surface area contributed by atoms with Gasteiger partial charge in [0.25, 0.3) is 0 Å². The molecule has 0 saturated heterocycles. The predicted octanol–water partition coefficient (Wildman–Crippen LogP) is 2.81. The van der Waals surface area contributed by atoms with Gasteiger partial charge in [-0.1, -0.05) is 30.4 Å². The smallest absolute Gasteiger partial charge is 0.203 e. The molecule has 4 heteroatoms. The van der Waals surface area contributed by atoms with Crippen molar-refractivity contribution in [3.05, 3.63) is 29.6 Å². The van der Waals surface area contributed by atoms with Crippen molar-refractivity contribution in [1.82, 2.24) is 14.6 Å². The lowest BCUT2D eigenvalue weighted by molar-refractivity contribution is 0.970. The normalized spacial score (nSPS) is 11.6. The first kappa shape index (κ1) is 8.85. The van der Waals surface area contributed by atoms with Crippen LogP contribution < -0.4 is 0 Å². The zero-order chi connectivity index (χ0) is 10.4. The van der Waals surface area contributed by atoms with Gasteiger partial charge in [0.2, 0.25) is 4.96 Å². The molecule has 15 heavy (non-hydrogen) atoms. The summed E-state index contributed by atoms with van der Waals surface area (Å²) in [5, 5.41) is 4.39. The van der Waals surface area contributed by atoms with Crippen LogP contribution >= 0.6 is 11.3 Å². The van der Waals surface area contributed by atoms with Crippen molar-refractivity contribution in [2.24, 2.45) is 0 Å². The highest BCUT2D eigenvalue weighted by molar-refractivity contribution is 7.23. The van der Waals surface area contributed by atoms with E-state index in [2.05, 4.69) is 35.2 Å². The molecule has 0 unspecified atom stereocenters. The first-order valence-electron chi connectivity index (χ1n) is 5.03. The fraction of sp³-hybridized carbons (Fsp3) is 0.273. The second-order valence-electron chi connectivity index (χ2n) is 3.57. The molecule has 76 valence electrons. The summed E-state index contributed by atoms with van der Waals surface area (Å²) < 4.78 is 3.25. The second kappa shape index (κ2) is 3.03. The minimum atomic E-state index is 0.838. The van der Waals surface area contributed by atoms with E-state index in [9.17, 15) is 0 Å². The highest BCUT2D eigenvalue weighted by Crippen LogP contribution is 2.28. The van der Waals surface area contributed by atoms with E-state index in [1.54, 1.807) is 11.3 Å². The summed E-state index contributed by atoms with van der Waals surface area (Å²) in [4.78, 5) is 5.39. The molecule has 0 atom stereocenters. The number of nitrogens with zero attached hydrogens (tertiary/aromatic N) is 3. The van der Waals surface area contributed by atoms with Gasteiger partial charge < -0.3 is 0 Å². The van der Waals surface area contributed by atoms with Crippen LogP contribution in [0.5, 0.6) is 0 Å². The summed E-state index contributed by atoms with van der Waals surface area (Å²) in [7, 11) is 0. The largest absolute Gasteiger partial charge is 0.213 e. The topological polar surface area (TPSA) is 30.2 Å². The van der Waals surface area contributed by atoms with Gasteiger partial charge in [-0.2, -0.15) is 5.10 Å². The van der Waals surface area contributed by atoms with E-state index in [1.807, 2.05) is 11.4 Å². The Morgan fingerprint density at radius 2 is 2.27 bits per heavy atom. The van der Waals surface area contributed by atoms with Crippen LogP contribution in [0.4, 0.5) is 0 Å². The Morgan fingerprint density at radius 1 is 1.40 bits per heavy atom. The van der Waals surface area contributed by atoms with Crippen molar-refractivity contribution in [3.8, 4) is 0 Å². The van der Waals surface area contributed by atoms with Gasteiger partial charge in [0.05, 0.1) is 10.2 Å². The third-order valence-corrected chi connectivity index (χ3v) is 3.68. The van der Waals surface area contributed by atoms with Gasteiger partial charge in [-0.3, -0.25) is 0 Å². The van der Waals surface area contributed by atoms with Crippen molar-refractivity contribution in [2.75, 3.05) is 0 Å². The van der Waals surface area contributed by atoms with Crippen molar-refractivity contribution in [2.45, 2.75) is 20.3 Å². The number of rotatable bonds is 1. The monoisotopic (exact) mass is 217 g/mol. The van der Waals surface area contributed by atoms with E-state index >= 15 is 0 Å². The quantitative estimate of drug-likeness (QED) is 0.627. The van der Waals surface area contributed by atoms with E-state index in [4.69, 9.17) is 0 Å². The van der Waals surface area contributed by atoms with Crippen LogP contribution in [0.1, 0.15) is 18.3 Å². The molecule has 0 spiro atoms. The van der Waals surface area contributed by atoms with Crippen molar-refractivity contribution >= 4 is 26.5 Å². The van der Waals surface area contributed by atoms with E-state index in [1.165, 1.54) is 15.8 Å². The highest BCUT2D eigenvalue weighted by atomic mass is 32.1. The first-order valence-corrected chi connectivity index (χ1v) is 5.85. The van der Waals surface area contributed by atoms with E-state index in [0.29, 0.717) is 0 Å². The lowest BCUT2D eigenvalue weighted by Gasteiger charge is -1.96. The molecule has 0 fully saturated rings. The summed E-state index contributed by atoms with van der Waals surface area (Å²) in [6, 6.07) is 6.36. The molecule has 0 amide bonds. The molecule has 3 aromatic rings. The molecule has 0 bridgehead atoms. The molecule has 1 aromatic carbocycles. The lowest BCUT2D eigenvalue weighted by atomic mass is 10.2. The van der Waals surface area contributed by atoms with E-state index < -0.39 is 0 Å². The van der Waals surface area contributed by atoms with Crippen LogP contribution in [0, 0.1) is 6.92 Å². The van der Waals surface area contributed by atoms with Crippen molar-refractivity contribution in [3.63, 3.8) is 0 Å². The molecule has 0 N–H and O–H groups in total. The van der Waals surface area contributed by atoms with Crippen LogP contribution in [0.3, 0.4) is 0 Å². The maximum atomic E-state index is 4.40. The fourth-order valence-corrected chi connectivity index (χ4v) is 3.03. The van der Waals surface area contributed by atoms with Crippen LogP contribution in [-0.2, 0) is 6.42 Å². The van der Waals surface area contributed by atoms with Gasteiger partial charge in [-0.15, -0.1) is 0 Å². The maximum absolute atomic E-state index is 4.40. The zero-order valence-electron chi connectivity index (χ0n) is 8.69. The molecule has 0 saturated carbocycles. The number of aromatic nitrogens is 3. The Labute approximate surface area is 91.4 Å². The maximum Gasteiger partial charge on any atom is 0.213 e. The molecule has 0 radical (unpaired) electrons. The number of fused-ring (bicyclic) bond motifs is 3. The Bertz CT molecular complexity index is 636. The Hall–Kier alpha value is -1.42. The lowest BCUT2D eigenvalue weighted by Crippen LogP contribution is -1.85. The molecule has 2 heterocycles. The van der Waals surface area contributed by atoms with Gasteiger partial charge in [0.15, 0.2) is 0 Å². The number of hydrogen-bond acceptors (Lipinski definition) is 3. The summed E-state index contributed by atoms with van der Waals surface area (Å²) in [6.07, 6.45) is 1.06. The average Bonchev–Trinajstić information content (AvgIpc) is 2.73. The minimum Gasteiger partial charge on any atom is -0.203 e. The van der Waals surface area contributed by atoms with Crippen LogP contribution in [0.2, 0.25) is 0 Å². The summed E-state index contributed by atoms with van der Waals surface area (Å²) in [6.45, 7) is 4.10. The zero-order valence-corrected chi connectivity index (χ0v) is 9.51. The average molecular weight is 217 g/mol. The van der Waals surface area contributed by atoms with Gasteiger partial charge in [0, 0.05) is 0 Å². The van der Waals surface area contributed by atoms with E-state index in [0.717, 1.165) is 17.2 Å². The molecule has 0 aliphatic carbocycles. The van der Waals surface area contributed by atoms with Gasteiger partial charge in [0.1, 0.15) is 5.82 Å². The van der Waals surface area contributed by atoms with Crippen LogP contribution in [0.15, 0.2) is 18.2 Å². The molecule has 3 nitrogen and oxygen atoms in total. The summed E-state index contributed by atoms with van der Waals surface area (Å²) in [5.74, 6) is 0.838. The van der Waals surface area contributed by atoms with Gasteiger partial charge in [-0.25, -0.2) is 9.50 Å². The van der Waals surface area contributed by atoms with Crippen molar-refractivity contribution < 1.29 is 0 Å². The molecule has 2 aromatic heterocycles. The highest BCUT2D eigenvalue weighted by Gasteiger charge is 2.10. The third kappa shape index (κ3) is 1.18. The fourth-order valence-electron chi connectivity index (χ4n) is 1.84.